The highest BCUT2D eigenvalue weighted by Crippen LogP contribution is 2.40. The Bertz CT molecular complexity index is 234. The predicted molar refractivity (Wildman–Crippen MR) is 66.2 cm³/mol. The Morgan fingerprint density at radius 3 is 1.71 bits per heavy atom. The second kappa shape index (κ2) is 6.87. The molecule has 0 radical (unpaired) electrons. The molecule has 0 aromatic carbocycles. The highest BCUT2D eigenvalue weighted by Gasteiger charge is 2.40. The molecule has 0 aromatic rings. The minimum atomic E-state index is -0.279. The zero-order valence-corrected chi connectivity index (χ0v) is 10.9. The third-order valence-corrected chi connectivity index (χ3v) is 2.93. The van der Waals surface area contributed by atoms with Gasteiger partial charge < -0.3 is 19.7 Å². The van der Waals surface area contributed by atoms with E-state index < -0.39 is 0 Å². The average molecular weight is 244 g/mol. The van der Waals surface area contributed by atoms with E-state index in [1.807, 2.05) is 0 Å². The van der Waals surface area contributed by atoms with Gasteiger partial charge in [-0.15, -0.1) is 0 Å². The summed E-state index contributed by atoms with van der Waals surface area (Å²) in [6, 6.07) is 0. The quantitative estimate of drug-likeness (QED) is 0.644. The van der Waals surface area contributed by atoms with Gasteiger partial charge in [0, 0.05) is 31.5 Å². The fourth-order valence-electron chi connectivity index (χ4n) is 2.09. The largest absolute Gasteiger partial charge is 0.509 e. The molecule has 1 aliphatic carbocycles. The summed E-state index contributed by atoms with van der Waals surface area (Å²) in [4.78, 5) is 0. The van der Waals surface area contributed by atoms with E-state index in [2.05, 4.69) is 13.8 Å². The van der Waals surface area contributed by atoms with E-state index in [0.29, 0.717) is 39.3 Å². The van der Waals surface area contributed by atoms with Crippen molar-refractivity contribution in [2.24, 2.45) is 5.41 Å². The van der Waals surface area contributed by atoms with Crippen molar-refractivity contribution < 1.29 is 19.7 Å². The van der Waals surface area contributed by atoms with Gasteiger partial charge in [0.2, 0.25) is 0 Å². The lowest BCUT2D eigenvalue weighted by atomic mass is 9.87. The monoisotopic (exact) mass is 244 g/mol. The summed E-state index contributed by atoms with van der Waals surface area (Å²) < 4.78 is 11.1. The van der Waals surface area contributed by atoms with Crippen LogP contribution in [0, 0.1) is 5.41 Å². The van der Waals surface area contributed by atoms with Crippen LogP contribution in [0.25, 0.3) is 0 Å². The van der Waals surface area contributed by atoms with Gasteiger partial charge in [0.05, 0.1) is 13.2 Å². The van der Waals surface area contributed by atoms with Crippen LogP contribution in [0.1, 0.15) is 39.5 Å². The van der Waals surface area contributed by atoms with Crippen LogP contribution >= 0.6 is 0 Å². The Labute approximate surface area is 103 Å². The zero-order valence-electron chi connectivity index (χ0n) is 10.9. The van der Waals surface area contributed by atoms with Crippen LogP contribution in [-0.4, -0.2) is 36.6 Å². The van der Waals surface area contributed by atoms with Crippen molar-refractivity contribution in [3.8, 4) is 0 Å². The maximum atomic E-state index is 9.56. The van der Waals surface area contributed by atoms with Crippen LogP contribution in [0.5, 0.6) is 0 Å². The number of rotatable bonds is 8. The maximum absolute atomic E-state index is 9.56. The maximum Gasteiger partial charge on any atom is 0.130 e. The van der Waals surface area contributed by atoms with E-state index in [-0.39, 0.29) is 16.9 Å². The van der Waals surface area contributed by atoms with E-state index in [9.17, 15) is 10.2 Å². The van der Waals surface area contributed by atoms with E-state index in [4.69, 9.17) is 9.47 Å². The van der Waals surface area contributed by atoms with E-state index in [1.165, 1.54) is 0 Å². The minimum Gasteiger partial charge on any atom is -0.509 e. The fourth-order valence-corrected chi connectivity index (χ4v) is 2.09. The smallest absolute Gasteiger partial charge is 0.130 e. The molecule has 4 nitrogen and oxygen atoms in total. The molecular formula is C13H24O4. The van der Waals surface area contributed by atoms with Crippen molar-refractivity contribution in [2.45, 2.75) is 39.5 Å². The normalized spacial score (nSPS) is 18.9. The molecule has 1 aliphatic rings. The highest BCUT2D eigenvalue weighted by atomic mass is 16.5. The zero-order chi connectivity index (χ0) is 12.7. The molecule has 0 aliphatic heterocycles. The Kier molecular flexibility index (Phi) is 5.78. The molecule has 17 heavy (non-hydrogen) atoms. The van der Waals surface area contributed by atoms with Crippen LogP contribution in [-0.2, 0) is 9.47 Å². The summed E-state index contributed by atoms with van der Waals surface area (Å²) in [7, 11) is 0. The van der Waals surface area contributed by atoms with Crippen LogP contribution in [0.3, 0.4) is 0 Å². The molecule has 2 N–H and O–H groups in total. The summed E-state index contributed by atoms with van der Waals surface area (Å²) in [6.45, 7) is 6.58. The van der Waals surface area contributed by atoms with Gasteiger partial charge in [0.15, 0.2) is 0 Å². The molecule has 4 heteroatoms. The highest BCUT2D eigenvalue weighted by molar-refractivity contribution is 5.13. The molecule has 0 bridgehead atoms. The number of hydrogen-bond acceptors (Lipinski definition) is 4. The molecule has 1 rings (SSSR count). The van der Waals surface area contributed by atoms with Crippen molar-refractivity contribution in [1.29, 1.82) is 0 Å². The number of aliphatic hydroxyl groups is 2. The number of hydrogen-bond donors (Lipinski definition) is 2. The van der Waals surface area contributed by atoms with Crippen molar-refractivity contribution >= 4 is 0 Å². The standard InChI is InChI=1S/C13H24O4/c1-3-5-16-9-13(10-17-6-4-2)7-11(14)12(15)8-13/h14-15H,3-10H2,1-2H3. The van der Waals surface area contributed by atoms with Gasteiger partial charge in [-0.25, -0.2) is 0 Å². The molecule has 0 saturated carbocycles. The summed E-state index contributed by atoms with van der Waals surface area (Å²) >= 11 is 0. The summed E-state index contributed by atoms with van der Waals surface area (Å²) in [5.74, 6) is 0.176. The van der Waals surface area contributed by atoms with Crippen molar-refractivity contribution in [1.82, 2.24) is 0 Å². The molecule has 0 heterocycles. The Morgan fingerprint density at radius 1 is 0.941 bits per heavy atom. The molecule has 0 spiro atoms. The summed E-state index contributed by atoms with van der Waals surface area (Å²) in [6.07, 6.45) is 2.84. The third kappa shape index (κ3) is 4.21. The number of aliphatic hydroxyl groups excluding tert-OH is 2. The predicted octanol–water partition coefficient (Wildman–Crippen LogP) is 2.95. The molecular weight excluding hydrogens is 220 g/mol. The lowest BCUT2D eigenvalue weighted by molar-refractivity contribution is -0.0220. The van der Waals surface area contributed by atoms with Gasteiger partial charge in [0.25, 0.3) is 0 Å². The molecule has 0 atom stereocenters. The molecule has 0 amide bonds. The Hall–Kier alpha value is -0.740. The van der Waals surface area contributed by atoms with Crippen LogP contribution in [0.2, 0.25) is 0 Å². The first kappa shape index (κ1) is 14.3. The van der Waals surface area contributed by atoms with E-state index in [0.717, 1.165) is 12.8 Å². The Morgan fingerprint density at radius 2 is 1.35 bits per heavy atom. The van der Waals surface area contributed by atoms with Gasteiger partial charge in [-0.05, 0) is 12.8 Å². The van der Waals surface area contributed by atoms with Crippen molar-refractivity contribution in [3.63, 3.8) is 0 Å². The molecule has 0 aromatic heterocycles. The SMILES string of the molecule is CCCOCC1(COCCC)CC(O)=C(O)C1. The summed E-state index contributed by atoms with van der Waals surface area (Å²) in [5, 5.41) is 19.1. The molecule has 0 fully saturated rings. The first-order valence-corrected chi connectivity index (χ1v) is 6.39. The third-order valence-electron chi connectivity index (χ3n) is 2.93. The van der Waals surface area contributed by atoms with Gasteiger partial charge in [-0.2, -0.15) is 0 Å². The molecule has 0 saturated heterocycles. The second-order valence-corrected chi connectivity index (χ2v) is 4.85. The van der Waals surface area contributed by atoms with Gasteiger partial charge in [-0.3, -0.25) is 0 Å². The first-order valence-electron chi connectivity index (χ1n) is 6.39. The number of allylic oxidation sites excluding steroid dienone is 2. The van der Waals surface area contributed by atoms with Crippen LogP contribution in [0.4, 0.5) is 0 Å². The van der Waals surface area contributed by atoms with Gasteiger partial charge in [0.1, 0.15) is 11.5 Å². The van der Waals surface area contributed by atoms with Crippen LogP contribution < -0.4 is 0 Å². The lowest BCUT2D eigenvalue weighted by Gasteiger charge is -2.28. The first-order chi connectivity index (χ1) is 8.13. The Balaban J connectivity index is 2.48. The van der Waals surface area contributed by atoms with E-state index >= 15 is 0 Å². The average Bonchev–Trinajstić information content (AvgIpc) is 2.56. The van der Waals surface area contributed by atoms with Crippen molar-refractivity contribution in [2.75, 3.05) is 26.4 Å². The van der Waals surface area contributed by atoms with Crippen LogP contribution in [0.15, 0.2) is 11.5 Å². The van der Waals surface area contributed by atoms with E-state index in [1.54, 1.807) is 0 Å². The van der Waals surface area contributed by atoms with Gasteiger partial charge >= 0.3 is 0 Å². The summed E-state index contributed by atoms with van der Waals surface area (Å²) in [5.41, 5.74) is -0.279. The minimum absolute atomic E-state index is 0.0881. The topological polar surface area (TPSA) is 58.9 Å². The molecule has 0 unspecified atom stereocenters. The molecule has 100 valence electrons. The lowest BCUT2D eigenvalue weighted by Crippen LogP contribution is -2.31. The fraction of sp³-hybridized carbons (Fsp3) is 0.846. The number of ether oxygens (including phenoxy) is 2. The van der Waals surface area contributed by atoms with Crippen molar-refractivity contribution in [3.05, 3.63) is 11.5 Å². The van der Waals surface area contributed by atoms with Gasteiger partial charge in [-0.1, -0.05) is 13.8 Å². The second-order valence-electron chi connectivity index (χ2n) is 4.85.